The lowest BCUT2D eigenvalue weighted by atomic mass is 9.92. The van der Waals surface area contributed by atoms with Gasteiger partial charge in [0.05, 0.1) is 26.9 Å². The second-order valence-electron chi connectivity index (χ2n) is 9.13. The standard InChI is InChI=1S/C27H33Cl2NO4S2/c1-4-6-7-8-9-23-26(35-16-5-2)24(27(31)32)25(19-12-15-21(28)22(29)17-19)30(23)36(33,34)20-13-10-18(3)11-14-20/h5,10-15,17,23-26H,2,4,6-9,16H2,1,3H3,(H,31,32)/t23?,24-,25?,26+/m0/s1. The van der Waals surface area contributed by atoms with Gasteiger partial charge in [0.2, 0.25) is 10.0 Å². The quantitative estimate of drug-likeness (QED) is 0.213. The zero-order valence-corrected chi connectivity index (χ0v) is 23.7. The molecule has 0 aromatic heterocycles. The van der Waals surface area contributed by atoms with Crippen LogP contribution in [0.3, 0.4) is 0 Å². The Kier molecular flexibility index (Phi) is 10.4. The molecule has 0 saturated carbocycles. The highest BCUT2D eigenvalue weighted by Crippen LogP contribution is 2.51. The van der Waals surface area contributed by atoms with Crippen LogP contribution < -0.4 is 0 Å². The van der Waals surface area contributed by atoms with Crippen molar-refractivity contribution < 1.29 is 18.3 Å². The summed E-state index contributed by atoms with van der Waals surface area (Å²) in [7, 11) is -4.04. The number of aryl methyl sites for hydroxylation is 1. The van der Waals surface area contributed by atoms with E-state index in [-0.39, 0.29) is 9.92 Å². The van der Waals surface area contributed by atoms with Crippen molar-refractivity contribution in [1.29, 1.82) is 0 Å². The van der Waals surface area contributed by atoms with E-state index in [0.29, 0.717) is 22.8 Å². The molecule has 3 rings (SSSR count). The number of halogens is 2. The number of nitrogens with zero attached hydrogens (tertiary/aromatic N) is 1. The molecule has 1 fully saturated rings. The van der Waals surface area contributed by atoms with E-state index < -0.39 is 39.2 Å². The summed E-state index contributed by atoms with van der Waals surface area (Å²) in [5, 5.41) is 10.6. The molecule has 1 aliphatic rings. The van der Waals surface area contributed by atoms with Crippen LogP contribution in [0, 0.1) is 12.8 Å². The summed E-state index contributed by atoms with van der Waals surface area (Å²) in [6.07, 6.45) is 6.16. The predicted molar refractivity (Wildman–Crippen MR) is 150 cm³/mol. The van der Waals surface area contributed by atoms with E-state index in [4.69, 9.17) is 23.2 Å². The maximum atomic E-state index is 14.2. The molecule has 1 N–H and O–H groups in total. The van der Waals surface area contributed by atoms with E-state index in [0.717, 1.165) is 31.2 Å². The van der Waals surface area contributed by atoms with Crippen molar-refractivity contribution in [1.82, 2.24) is 4.31 Å². The maximum Gasteiger partial charge on any atom is 0.309 e. The Morgan fingerprint density at radius 2 is 1.81 bits per heavy atom. The van der Waals surface area contributed by atoms with Crippen molar-refractivity contribution in [2.75, 3.05) is 5.75 Å². The van der Waals surface area contributed by atoms with Crippen LogP contribution in [0.5, 0.6) is 0 Å². The molecule has 0 bridgehead atoms. The zero-order valence-electron chi connectivity index (χ0n) is 20.6. The number of hydrogen-bond donors (Lipinski definition) is 1. The largest absolute Gasteiger partial charge is 0.481 e. The molecule has 9 heteroatoms. The first-order valence-corrected chi connectivity index (χ1v) is 15.4. The van der Waals surface area contributed by atoms with Crippen molar-refractivity contribution in [2.24, 2.45) is 5.92 Å². The van der Waals surface area contributed by atoms with E-state index in [2.05, 4.69) is 13.5 Å². The Labute approximate surface area is 228 Å². The second-order valence-corrected chi connectivity index (χ2v) is 13.0. The monoisotopic (exact) mass is 569 g/mol. The molecule has 1 heterocycles. The maximum absolute atomic E-state index is 14.2. The minimum absolute atomic E-state index is 0.148. The SMILES string of the molecule is C=CCS[C@@H]1C(CCCCCC)N(S(=O)(=O)c2ccc(C)cc2)C(c2ccc(Cl)c(Cl)c2)[C@@H]1C(=O)O. The van der Waals surface area contributed by atoms with Crippen molar-refractivity contribution in [2.45, 2.75) is 68.2 Å². The fraction of sp³-hybridized carbons (Fsp3) is 0.444. The topological polar surface area (TPSA) is 74.7 Å². The third kappa shape index (κ3) is 6.30. The van der Waals surface area contributed by atoms with Gasteiger partial charge >= 0.3 is 5.97 Å². The van der Waals surface area contributed by atoms with Gasteiger partial charge in [0.25, 0.3) is 0 Å². The highest BCUT2D eigenvalue weighted by molar-refractivity contribution is 8.00. The van der Waals surface area contributed by atoms with Crippen LogP contribution >= 0.6 is 35.0 Å². The second kappa shape index (κ2) is 12.8. The van der Waals surface area contributed by atoms with Crippen molar-refractivity contribution in [3.63, 3.8) is 0 Å². The summed E-state index contributed by atoms with van der Waals surface area (Å²) in [5.74, 6) is -1.48. The number of carbonyl (C=O) groups is 1. The molecule has 0 radical (unpaired) electrons. The van der Waals surface area contributed by atoms with Gasteiger partial charge < -0.3 is 5.11 Å². The summed E-state index contributed by atoms with van der Waals surface area (Å²) >= 11 is 13.9. The third-order valence-corrected chi connectivity index (χ3v) is 10.7. The van der Waals surface area contributed by atoms with Gasteiger partial charge in [-0.05, 0) is 43.2 Å². The number of hydrogen-bond acceptors (Lipinski definition) is 4. The fourth-order valence-corrected chi connectivity index (χ4v) is 8.45. The summed E-state index contributed by atoms with van der Waals surface area (Å²) in [4.78, 5) is 12.9. The van der Waals surface area contributed by atoms with E-state index in [1.165, 1.54) is 16.1 Å². The number of rotatable bonds is 12. The summed E-state index contributed by atoms with van der Waals surface area (Å²) in [5.41, 5.74) is 1.46. The predicted octanol–water partition coefficient (Wildman–Crippen LogP) is 7.38. The fourth-order valence-electron chi connectivity index (χ4n) is 4.88. The van der Waals surface area contributed by atoms with E-state index in [9.17, 15) is 18.3 Å². The van der Waals surface area contributed by atoms with Crippen molar-refractivity contribution in [3.05, 3.63) is 76.3 Å². The van der Waals surface area contributed by atoms with Gasteiger partial charge in [0.15, 0.2) is 0 Å². The van der Waals surface area contributed by atoms with E-state index in [1.54, 1.807) is 48.5 Å². The summed E-state index contributed by atoms with van der Waals surface area (Å²) in [6, 6.07) is 10.1. The summed E-state index contributed by atoms with van der Waals surface area (Å²) in [6.45, 7) is 7.80. The smallest absolute Gasteiger partial charge is 0.309 e. The molecule has 0 aliphatic carbocycles. The summed E-state index contributed by atoms with van der Waals surface area (Å²) < 4.78 is 29.9. The highest BCUT2D eigenvalue weighted by Gasteiger charge is 2.57. The molecule has 196 valence electrons. The average molecular weight is 571 g/mol. The first kappa shape index (κ1) is 29.1. The van der Waals surface area contributed by atoms with Crippen molar-refractivity contribution >= 4 is 51.0 Å². The van der Waals surface area contributed by atoms with Crippen LogP contribution in [-0.2, 0) is 14.8 Å². The van der Waals surface area contributed by atoms with Gasteiger partial charge in [-0.2, -0.15) is 16.1 Å². The number of aliphatic carboxylic acids is 1. The van der Waals surface area contributed by atoms with Crippen LogP contribution in [-0.4, -0.2) is 40.8 Å². The zero-order chi connectivity index (χ0) is 26.5. The minimum Gasteiger partial charge on any atom is -0.481 e. The Balaban J connectivity index is 2.21. The van der Waals surface area contributed by atoms with Gasteiger partial charge in [-0.1, -0.05) is 85.6 Å². The molecule has 2 unspecified atom stereocenters. The van der Waals surface area contributed by atoms with Gasteiger partial charge in [0, 0.05) is 17.0 Å². The molecule has 4 atom stereocenters. The number of benzene rings is 2. The van der Waals surface area contributed by atoms with Crippen LogP contribution in [0.25, 0.3) is 0 Å². The van der Waals surface area contributed by atoms with Crippen molar-refractivity contribution in [3.8, 4) is 0 Å². The Bertz CT molecular complexity index is 1170. The number of unbranched alkanes of at least 4 members (excludes halogenated alkanes) is 3. The molecular formula is C27H33Cl2NO4S2. The number of thioether (sulfide) groups is 1. The average Bonchev–Trinajstić information content (AvgIpc) is 3.17. The highest BCUT2D eigenvalue weighted by atomic mass is 35.5. The molecule has 1 aliphatic heterocycles. The molecule has 36 heavy (non-hydrogen) atoms. The molecule has 0 amide bonds. The lowest BCUT2D eigenvalue weighted by molar-refractivity contribution is -0.142. The van der Waals surface area contributed by atoms with Crippen LogP contribution in [0.15, 0.2) is 60.0 Å². The van der Waals surface area contributed by atoms with Crippen LogP contribution in [0.2, 0.25) is 10.0 Å². The number of carboxylic acids is 1. The minimum atomic E-state index is -4.04. The Morgan fingerprint density at radius 3 is 2.39 bits per heavy atom. The molecule has 0 spiro atoms. The normalized spacial score (nSPS) is 22.6. The first-order valence-electron chi connectivity index (χ1n) is 12.1. The first-order chi connectivity index (χ1) is 17.1. The molecule has 5 nitrogen and oxygen atoms in total. The molecule has 1 saturated heterocycles. The van der Waals surface area contributed by atoms with Gasteiger partial charge in [-0.3, -0.25) is 4.79 Å². The van der Waals surface area contributed by atoms with Crippen LogP contribution in [0.1, 0.15) is 56.2 Å². The van der Waals surface area contributed by atoms with Gasteiger partial charge in [0.1, 0.15) is 0 Å². The number of sulfonamides is 1. The molecule has 2 aromatic carbocycles. The third-order valence-electron chi connectivity index (χ3n) is 6.60. The van der Waals surface area contributed by atoms with E-state index in [1.807, 2.05) is 6.92 Å². The lowest BCUT2D eigenvalue weighted by Gasteiger charge is -2.31. The Morgan fingerprint density at radius 1 is 1.11 bits per heavy atom. The van der Waals surface area contributed by atoms with Gasteiger partial charge in [-0.15, -0.1) is 6.58 Å². The van der Waals surface area contributed by atoms with E-state index >= 15 is 0 Å². The molecule has 2 aromatic rings. The Hall–Kier alpha value is -1.51. The lowest BCUT2D eigenvalue weighted by Crippen LogP contribution is -2.40. The van der Waals surface area contributed by atoms with Crippen LogP contribution in [0.4, 0.5) is 0 Å². The molecular weight excluding hydrogens is 537 g/mol. The number of carboxylic acid groups (broad SMARTS) is 1. The van der Waals surface area contributed by atoms with Gasteiger partial charge in [-0.25, -0.2) is 8.42 Å².